The van der Waals surface area contributed by atoms with Crippen molar-refractivity contribution in [1.29, 1.82) is 0 Å². The molecule has 4 rings (SSSR count). The van der Waals surface area contributed by atoms with Gasteiger partial charge in [0.15, 0.2) is 0 Å². The van der Waals surface area contributed by atoms with Gasteiger partial charge in [0.25, 0.3) is 11.1 Å². The first-order chi connectivity index (χ1) is 12.3. The number of aromatic nitrogens is 2. The van der Waals surface area contributed by atoms with Gasteiger partial charge in [-0.1, -0.05) is 11.6 Å². The molecule has 0 radical (unpaired) electrons. The van der Waals surface area contributed by atoms with Crippen molar-refractivity contribution >= 4 is 16.9 Å². The van der Waals surface area contributed by atoms with Gasteiger partial charge in [-0.25, -0.2) is 0 Å². The maximum absolute atomic E-state index is 12.8. The zero-order valence-corrected chi connectivity index (χ0v) is 14.8. The third-order valence-corrected chi connectivity index (χ3v) is 5.02. The van der Waals surface area contributed by atoms with E-state index in [-0.39, 0.29) is 23.3 Å². The Morgan fingerprint density at radius 2 is 1.88 bits per heavy atom. The molecule has 132 valence electrons. The number of fused-ring (bicyclic) bond motifs is 2. The van der Waals surface area contributed by atoms with Gasteiger partial charge in [-0.3, -0.25) is 14.4 Å². The van der Waals surface area contributed by atoms with Crippen molar-refractivity contribution < 1.29 is 9.53 Å². The second kappa shape index (κ2) is 5.69. The average Bonchev–Trinajstić information content (AvgIpc) is 2.58. The van der Waals surface area contributed by atoms with Gasteiger partial charge in [0.2, 0.25) is 0 Å². The maximum atomic E-state index is 12.8. The maximum Gasteiger partial charge on any atom is 0.312 e. The van der Waals surface area contributed by atoms with Crippen LogP contribution in [0.2, 0.25) is 0 Å². The van der Waals surface area contributed by atoms with Crippen LogP contribution in [-0.4, -0.2) is 15.5 Å². The molecule has 6 nitrogen and oxygen atoms in total. The summed E-state index contributed by atoms with van der Waals surface area (Å²) in [6.07, 6.45) is -0.0360. The van der Waals surface area contributed by atoms with Crippen molar-refractivity contribution in [3.8, 4) is 5.75 Å². The van der Waals surface area contributed by atoms with Gasteiger partial charge < -0.3 is 14.3 Å². The van der Waals surface area contributed by atoms with Crippen LogP contribution in [-0.2, 0) is 11.8 Å². The van der Waals surface area contributed by atoms with Crippen LogP contribution < -0.4 is 15.9 Å². The number of aromatic amines is 1. The third-order valence-electron chi connectivity index (χ3n) is 5.02. The Labute approximate surface area is 149 Å². The number of carbonyl (C=O) groups is 1. The van der Waals surface area contributed by atoms with E-state index < -0.39 is 11.9 Å². The normalized spacial score (nSPS) is 16.4. The highest BCUT2D eigenvalue weighted by molar-refractivity contribution is 5.81. The number of carbonyl (C=O) groups excluding carboxylic acids is 1. The van der Waals surface area contributed by atoms with E-state index in [4.69, 9.17) is 4.74 Å². The summed E-state index contributed by atoms with van der Waals surface area (Å²) in [4.78, 5) is 40.5. The molecule has 3 heterocycles. The fourth-order valence-corrected chi connectivity index (χ4v) is 3.52. The van der Waals surface area contributed by atoms with Crippen molar-refractivity contribution in [2.75, 3.05) is 0 Å². The van der Waals surface area contributed by atoms with Crippen molar-refractivity contribution in [3.05, 3.63) is 73.4 Å². The monoisotopic (exact) mass is 350 g/mol. The van der Waals surface area contributed by atoms with Crippen molar-refractivity contribution in [2.45, 2.75) is 26.2 Å². The highest BCUT2D eigenvalue weighted by Gasteiger charge is 2.33. The molecular formula is C20H18N2O4. The van der Waals surface area contributed by atoms with Crippen molar-refractivity contribution in [3.63, 3.8) is 0 Å². The summed E-state index contributed by atoms with van der Waals surface area (Å²) in [5.41, 5.74) is 2.68. The molecule has 0 saturated heterocycles. The van der Waals surface area contributed by atoms with Crippen molar-refractivity contribution in [2.24, 2.45) is 7.05 Å². The van der Waals surface area contributed by atoms with Crippen LogP contribution in [0.5, 0.6) is 5.75 Å². The number of nitrogens with one attached hydrogen (secondary N) is 1. The fraction of sp³-hybridized carbons (Fsp3) is 0.250. The van der Waals surface area contributed by atoms with Gasteiger partial charge in [-0.05, 0) is 37.4 Å². The molecule has 0 aliphatic carbocycles. The molecule has 3 aromatic rings. The summed E-state index contributed by atoms with van der Waals surface area (Å²) < 4.78 is 6.79. The molecule has 1 unspecified atom stereocenters. The zero-order chi connectivity index (χ0) is 18.6. The number of ether oxygens (including phenoxy) is 1. The Morgan fingerprint density at radius 3 is 2.65 bits per heavy atom. The van der Waals surface area contributed by atoms with Gasteiger partial charge in [0, 0.05) is 35.8 Å². The van der Waals surface area contributed by atoms with E-state index in [0.29, 0.717) is 16.8 Å². The Bertz CT molecular complexity index is 1190. The number of esters is 1. The quantitative estimate of drug-likeness (QED) is 0.683. The van der Waals surface area contributed by atoms with E-state index >= 15 is 0 Å². The average molecular weight is 350 g/mol. The lowest BCUT2D eigenvalue weighted by Gasteiger charge is -2.25. The summed E-state index contributed by atoms with van der Waals surface area (Å²) in [5.74, 6) is -0.825. The first-order valence-electron chi connectivity index (χ1n) is 8.40. The minimum Gasteiger partial charge on any atom is -0.426 e. The molecule has 0 spiro atoms. The number of aryl methyl sites for hydroxylation is 2. The minimum absolute atomic E-state index is 0.0360. The number of hydrogen-bond acceptors (Lipinski definition) is 4. The predicted molar refractivity (Wildman–Crippen MR) is 97.8 cm³/mol. The van der Waals surface area contributed by atoms with E-state index in [1.165, 1.54) is 4.57 Å². The van der Waals surface area contributed by atoms with Crippen LogP contribution >= 0.6 is 0 Å². The molecule has 1 aromatic carbocycles. The minimum atomic E-state index is -0.626. The number of hydrogen-bond donors (Lipinski definition) is 1. The number of H-pyrrole nitrogens is 1. The van der Waals surface area contributed by atoms with Gasteiger partial charge >= 0.3 is 5.97 Å². The van der Waals surface area contributed by atoms with E-state index in [2.05, 4.69) is 4.98 Å². The Balaban J connectivity index is 2.00. The molecule has 1 atom stereocenters. The topological polar surface area (TPSA) is 81.2 Å². The van der Waals surface area contributed by atoms with E-state index in [9.17, 15) is 14.4 Å². The summed E-state index contributed by atoms with van der Waals surface area (Å²) >= 11 is 0. The van der Waals surface area contributed by atoms with Crippen molar-refractivity contribution in [1.82, 2.24) is 9.55 Å². The van der Waals surface area contributed by atoms with Crippen LogP contribution in [0.25, 0.3) is 10.9 Å². The Kier molecular flexibility index (Phi) is 3.57. The third kappa shape index (κ3) is 2.45. The van der Waals surface area contributed by atoms with Gasteiger partial charge in [-0.15, -0.1) is 0 Å². The highest BCUT2D eigenvalue weighted by atomic mass is 16.5. The number of nitrogens with zero attached hydrogens (tertiary/aromatic N) is 1. The lowest BCUT2D eigenvalue weighted by atomic mass is 9.87. The van der Waals surface area contributed by atoms with E-state index in [1.54, 1.807) is 26.1 Å². The molecule has 1 N–H and O–H groups in total. The van der Waals surface area contributed by atoms with Gasteiger partial charge in [0.05, 0.1) is 12.0 Å². The second-order valence-corrected chi connectivity index (χ2v) is 6.80. The standard InChI is InChI=1S/C20H18N2O4/c1-10-4-5-15-12(6-10)8-14(19(24)21-15)13-9-17(23)26-16-7-11(2)22(3)20(25)18(13)16/h4-8,13H,9H2,1-3H3,(H,21,24). The lowest BCUT2D eigenvalue weighted by Crippen LogP contribution is -2.34. The lowest BCUT2D eigenvalue weighted by molar-refractivity contribution is -0.135. The first kappa shape index (κ1) is 16.3. The largest absolute Gasteiger partial charge is 0.426 e. The molecular weight excluding hydrogens is 332 g/mol. The first-order valence-corrected chi connectivity index (χ1v) is 8.40. The Hall–Kier alpha value is -3.15. The van der Waals surface area contributed by atoms with Crippen LogP contribution in [0.1, 0.15) is 34.7 Å². The zero-order valence-electron chi connectivity index (χ0n) is 14.8. The van der Waals surface area contributed by atoms with Crippen LogP contribution in [0.3, 0.4) is 0 Å². The SMILES string of the molecule is Cc1ccc2[nH]c(=O)c(C3CC(=O)Oc4cc(C)n(C)c(=O)c43)cc2c1. The molecule has 2 aromatic heterocycles. The summed E-state index contributed by atoms with van der Waals surface area (Å²) in [6, 6.07) is 9.17. The molecule has 0 amide bonds. The van der Waals surface area contributed by atoms with Gasteiger partial charge in [0.1, 0.15) is 5.75 Å². The van der Waals surface area contributed by atoms with Crippen LogP contribution in [0, 0.1) is 13.8 Å². The molecule has 6 heteroatoms. The second-order valence-electron chi connectivity index (χ2n) is 6.80. The highest BCUT2D eigenvalue weighted by Crippen LogP contribution is 2.36. The molecule has 0 saturated carbocycles. The van der Waals surface area contributed by atoms with Gasteiger partial charge in [-0.2, -0.15) is 0 Å². The molecule has 26 heavy (non-hydrogen) atoms. The fourth-order valence-electron chi connectivity index (χ4n) is 3.52. The molecule has 1 aliphatic heterocycles. The molecule has 0 bridgehead atoms. The predicted octanol–water partition coefficient (Wildman–Crippen LogP) is 2.28. The number of rotatable bonds is 1. The van der Waals surface area contributed by atoms with Crippen LogP contribution in [0.15, 0.2) is 39.9 Å². The summed E-state index contributed by atoms with van der Waals surface area (Å²) in [6.45, 7) is 3.74. The number of benzene rings is 1. The Morgan fingerprint density at radius 1 is 1.12 bits per heavy atom. The van der Waals surface area contributed by atoms with E-state index in [0.717, 1.165) is 16.5 Å². The molecule has 0 fully saturated rings. The van der Waals surface area contributed by atoms with Crippen LogP contribution in [0.4, 0.5) is 0 Å². The number of pyridine rings is 2. The summed E-state index contributed by atoms with van der Waals surface area (Å²) in [7, 11) is 1.67. The molecule has 1 aliphatic rings. The van der Waals surface area contributed by atoms with E-state index in [1.807, 2.05) is 25.1 Å². The summed E-state index contributed by atoms with van der Waals surface area (Å²) in [5, 5.41) is 0.865. The smallest absolute Gasteiger partial charge is 0.312 e.